The van der Waals surface area contributed by atoms with Crippen molar-refractivity contribution in [1.82, 2.24) is 4.90 Å². The van der Waals surface area contributed by atoms with E-state index < -0.39 is 47.2 Å². The van der Waals surface area contributed by atoms with Crippen molar-refractivity contribution in [2.75, 3.05) is 6.54 Å². The summed E-state index contributed by atoms with van der Waals surface area (Å²) in [6.45, 7) is -0.0991. The Morgan fingerprint density at radius 1 is 0.950 bits per heavy atom. The molecule has 1 heterocycles. The number of likely N-dealkylation sites (tertiary alicyclic amines) is 1. The van der Waals surface area contributed by atoms with Crippen LogP contribution >= 0.6 is 0 Å². The van der Waals surface area contributed by atoms with Gasteiger partial charge in [0.25, 0.3) is 0 Å². The number of aldehydes is 1. The van der Waals surface area contributed by atoms with Crippen LogP contribution in [0, 0.1) is 29.1 Å². The van der Waals surface area contributed by atoms with E-state index in [-0.39, 0.29) is 0 Å². The normalized spacial score (nSPS) is 20.1. The lowest BCUT2D eigenvalue weighted by molar-refractivity contribution is -0.113. The molecule has 1 aromatic rings. The van der Waals surface area contributed by atoms with Gasteiger partial charge in [-0.3, -0.25) is 4.90 Å². The Kier molecular flexibility index (Phi) is 4.37. The predicted molar refractivity (Wildman–Crippen MR) is 60.3 cm³/mol. The smallest absolute Gasteiger partial charge is 0.200 e. The summed E-state index contributed by atoms with van der Waals surface area (Å²) in [6.07, 6.45) is 2.64. The Balaban J connectivity index is 2.36. The van der Waals surface area contributed by atoms with Gasteiger partial charge in [-0.1, -0.05) is 6.42 Å². The predicted octanol–water partition coefficient (Wildman–Crippen LogP) is 2.94. The maximum absolute atomic E-state index is 13.6. The van der Waals surface area contributed by atoms with Gasteiger partial charge in [0.15, 0.2) is 23.3 Å². The van der Waals surface area contributed by atoms with Crippen molar-refractivity contribution >= 4 is 6.29 Å². The second-order valence-corrected chi connectivity index (χ2v) is 4.72. The molecule has 0 spiro atoms. The van der Waals surface area contributed by atoms with Crippen molar-refractivity contribution in [3.8, 4) is 0 Å². The second-order valence-electron chi connectivity index (χ2n) is 4.72. The van der Waals surface area contributed by atoms with Gasteiger partial charge in [0.2, 0.25) is 5.82 Å². The fourth-order valence-electron chi connectivity index (χ4n) is 2.36. The molecule has 0 amide bonds. The van der Waals surface area contributed by atoms with E-state index in [1.54, 1.807) is 0 Å². The van der Waals surface area contributed by atoms with Crippen LogP contribution in [-0.4, -0.2) is 23.8 Å². The SMILES string of the molecule is O=CC1CCCCN1Cc1c(F)c(F)c(F)c(F)c1F. The van der Waals surface area contributed by atoms with E-state index in [0.717, 1.165) is 6.42 Å². The number of nitrogens with zero attached hydrogens (tertiary/aromatic N) is 1. The number of rotatable bonds is 3. The summed E-state index contributed by atoms with van der Waals surface area (Å²) in [5, 5.41) is 0. The maximum Gasteiger partial charge on any atom is 0.200 e. The molecule has 7 heteroatoms. The van der Waals surface area contributed by atoms with Crippen LogP contribution < -0.4 is 0 Å². The standard InChI is InChI=1S/C13H12F5NO/c14-9-8(10(15)12(17)13(18)11(9)16)5-19-4-2-1-3-7(19)6-20/h6-7H,1-5H2. The fourth-order valence-corrected chi connectivity index (χ4v) is 2.36. The summed E-state index contributed by atoms with van der Waals surface area (Å²) in [5.74, 6) is -9.76. The first-order valence-corrected chi connectivity index (χ1v) is 6.17. The third-order valence-corrected chi connectivity index (χ3v) is 3.48. The molecule has 1 saturated heterocycles. The fraction of sp³-hybridized carbons (Fsp3) is 0.462. The van der Waals surface area contributed by atoms with Gasteiger partial charge in [-0.2, -0.15) is 0 Å². The number of piperidine rings is 1. The van der Waals surface area contributed by atoms with E-state index in [2.05, 4.69) is 0 Å². The molecule has 110 valence electrons. The average molecular weight is 293 g/mol. The molecule has 0 saturated carbocycles. The maximum atomic E-state index is 13.6. The molecule has 1 atom stereocenters. The van der Waals surface area contributed by atoms with E-state index >= 15 is 0 Å². The van der Waals surface area contributed by atoms with Crippen LogP contribution in [-0.2, 0) is 11.3 Å². The highest BCUT2D eigenvalue weighted by Crippen LogP contribution is 2.26. The van der Waals surface area contributed by atoms with Gasteiger partial charge in [0, 0.05) is 12.1 Å². The molecule has 0 bridgehead atoms. The Morgan fingerprint density at radius 3 is 2.05 bits per heavy atom. The Hall–Kier alpha value is -1.50. The summed E-state index contributed by atoms with van der Waals surface area (Å²) < 4.78 is 66.2. The molecular weight excluding hydrogens is 281 g/mol. The van der Waals surface area contributed by atoms with Crippen LogP contribution in [0.4, 0.5) is 22.0 Å². The number of halogens is 5. The van der Waals surface area contributed by atoms with E-state index in [1.807, 2.05) is 0 Å². The molecule has 0 aromatic heterocycles. The van der Waals surface area contributed by atoms with Crippen LogP contribution in [0.15, 0.2) is 0 Å². The Morgan fingerprint density at radius 2 is 1.50 bits per heavy atom. The van der Waals surface area contributed by atoms with Gasteiger partial charge in [0.05, 0.1) is 6.04 Å². The molecule has 0 radical (unpaired) electrons. The van der Waals surface area contributed by atoms with Gasteiger partial charge in [0.1, 0.15) is 6.29 Å². The van der Waals surface area contributed by atoms with Crippen LogP contribution in [0.3, 0.4) is 0 Å². The molecule has 2 nitrogen and oxygen atoms in total. The molecule has 0 aliphatic carbocycles. The van der Waals surface area contributed by atoms with Crippen LogP contribution in [0.5, 0.6) is 0 Å². The molecule has 1 aliphatic rings. The lowest BCUT2D eigenvalue weighted by atomic mass is 10.0. The highest BCUT2D eigenvalue weighted by Gasteiger charge is 2.29. The van der Waals surface area contributed by atoms with Crippen molar-refractivity contribution < 1.29 is 26.7 Å². The minimum atomic E-state index is -2.17. The summed E-state index contributed by atoms with van der Waals surface area (Å²) in [6, 6.07) is -0.557. The molecule has 1 unspecified atom stereocenters. The molecular formula is C13H12F5NO. The summed E-state index contributed by atoms with van der Waals surface area (Å²) in [4.78, 5) is 12.3. The number of benzene rings is 1. The van der Waals surface area contributed by atoms with E-state index in [4.69, 9.17) is 0 Å². The molecule has 1 aliphatic heterocycles. The average Bonchev–Trinajstić information content (AvgIpc) is 2.48. The van der Waals surface area contributed by atoms with Crippen LogP contribution in [0.25, 0.3) is 0 Å². The molecule has 2 rings (SSSR count). The highest BCUT2D eigenvalue weighted by atomic mass is 19.2. The van der Waals surface area contributed by atoms with E-state index in [1.165, 1.54) is 4.90 Å². The van der Waals surface area contributed by atoms with Crippen molar-refractivity contribution in [1.29, 1.82) is 0 Å². The minimum Gasteiger partial charge on any atom is -0.302 e. The van der Waals surface area contributed by atoms with Crippen molar-refractivity contribution in [3.05, 3.63) is 34.6 Å². The van der Waals surface area contributed by atoms with Gasteiger partial charge >= 0.3 is 0 Å². The zero-order chi connectivity index (χ0) is 14.9. The number of carbonyl (C=O) groups excluding carboxylic acids is 1. The molecule has 20 heavy (non-hydrogen) atoms. The zero-order valence-corrected chi connectivity index (χ0v) is 10.4. The third-order valence-electron chi connectivity index (χ3n) is 3.48. The summed E-state index contributed by atoms with van der Waals surface area (Å²) >= 11 is 0. The topological polar surface area (TPSA) is 20.3 Å². The van der Waals surface area contributed by atoms with Gasteiger partial charge in [-0.25, -0.2) is 22.0 Å². The van der Waals surface area contributed by atoms with Crippen molar-refractivity contribution in [2.45, 2.75) is 31.8 Å². The lowest BCUT2D eigenvalue weighted by Gasteiger charge is -2.32. The molecule has 1 aromatic carbocycles. The van der Waals surface area contributed by atoms with Crippen LogP contribution in [0.1, 0.15) is 24.8 Å². The molecule has 1 fully saturated rings. The minimum absolute atomic E-state index is 0.378. The molecule has 0 N–H and O–H groups in total. The van der Waals surface area contributed by atoms with Gasteiger partial charge < -0.3 is 4.79 Å². The number of carbonyl (C=O) groups is 1. The highest BCUT2D eigenvalue weighted by molar-refractivity contribution is 5.57. The lowest BCUT2D eigenvalue weighted by Crippen LogP contribution is -2.40. The first kappa shape index (κ1) is 14.9. The van der Waals surface area contributed by atoms with Crippen molar-refractivity contribution in [3.63, 3.8) is 0 Å². The number of hydrogen-bond acceptors (Lipinski definition) is 2. The quantitative estimate of drug-likeness (QED) is 0.370. The van der Waals surface area contributed by atoms with Gasteiger partial charge in [-0.05, 0) is 19.4 Å². The summed E-state index contributed by atoms with van der Waals surface area (Å²) in [5.41, 5.74) is -0.893. The third kappa shape index (κ3) is 2.54. The zero-order valence-electron chi connectivity index (χ0n) is 10.4. The van der Waals surface area contributed by atoms with Crippen LogP contribution in [0.2, 0.25) is 0 Å². The first-order valence-electron chi connectivity index (χ1n) is 6.17. The summed E-state index contributed by atoms with van der Waals surface area (Å²) in [7, 11) is 0. The van der Waals surface area contributed by atoms with E-state index in [9.17, 15) is 26.7 Å². The van der Waals surface area contributed by atoms with Gasteiger partial charge in [-0.15, -0.1) is 0 Å². The van der Waals surface area contributed by atoms with Crippen molar-refractivity contribution in [2.24, 2.45) is 0 Å². The first-order chi connectivity index (χ1) is 9.47. The largest absolute Gasteiger partial charge is 0.302 e. The second kappa shape index (κ2) is 5.87. The number of hydrogen-bond donors (Lipinski definition) is 0. The van der Waals surface area contributed by atoms with E-state index in [0.29, 0.717) is 25.7 Å². The Labute approximate surface area is 112 Å². The Bertz CT molecular complexity index is 505. The monoisotopic (exact) mass is 293 g/mol.